The number of hydrogen-bond acceptors (Lipinski definition) is 1. The summed E-state index contributed by atoms with van der Waals surface area (Å²) in [5.41, 5.74) is 6.28. The average molecular weight is 328 g/mol. The fraction of sp³-hybridized carbons (Fsp3) is 0.316. The molecule has 0 amide bonds. The van der Waals surface area contributed by atoms with Gasteiger partial charge in [-0.3, -0.25) is 0 Å². The maximum atomic E-state index is 6.47. The smallest absolute Gasteiger partial charge is 0.192 e. The second-order valence-electron chi connectivity index (χ2n) is 6.74. The molecule has 0 aliphatic carbocycles. The van der Waals surface area contributed by atoms with Crippen molar-refractivity contribution in [2.75, 3.05) is 0 Å². The van der Waals surface area contributed by atoms with Gasteiger partial charge in [0.05, 0.1) is 5.48 Å². The quantitative estimate of drug-likeness (QED) is 0.553. The largest absolute Gasteiger partial charge is 0.381 e. The normalized spacial score (nSPS) is 12.5. The topological polar surface area (TPSA) is 9.23 Å². The van der Waals surface area contributed by atoms with Crippen molar-refractivity contribution in [3.8, 4) is 0 Å². The second kappa shape index (κ2) is 6.91. The monoisotopic (exact) mass is 328 g/mol. The van der Waals surface area contributed by atoms with Gasteiger partial charge < -0.3 is 4.43 Å². The lowest BCUT2D eigenvalue weighted by Gasteiger charge is -2.22. The predicted octanol–water partition coefficient (Wildman–Crippen LogP) is 5.21. The van der Waals surface area contributed by atoms with Crippen LogP contribution in [0, 0.1) is 20.8 Å². The molecule has 0 heterocycles. The molecule has 0 bridgehead atoms. The molecule has 116 valence electrons. The van der Waals surface area contributed by atoms with Gasteiger partial charge in [0.1, 0.15) is 0 Å². The van der Waals surface area contributed by atoms with E-state index in [1.54, 1.807) is 0 Å². The summed E-state index contributed by atoms with van der Waals surface area (Å²) >= 11 is 0. The van der Waals surface area contributed by atoms with Crippen LogP contribution in [0.4, 0.5) is 0 Å². The van der Waals surface area contributed by atoms with Gasteiger partial charge in [-0.05, 0) is 59.7 Å². The van der Waals surface area contributed by atoms with Crippen LogP contribution in [-0.4, -0.2) is 13.8 Å². The number of aryl methyl sites for hydroxylation is 3. The van der Waals surface area contributed by atoms with Crippen LogP contribution in [0.1, 0.15) is 22.3 Å². The summed E-state index contributed by atoms with van der Waals surface area (Å²) in [6.45, 7) is 13.2. The molecular formula is C19H25OPSi. The van der Waals surface area contributed by atoms with Gasteiger partial charge in [0, 0.05) is 10.9 Å². The summed E-state index contributed by atoms with van der Waals surface area (Å²) in [6.07, 6.45) is 0. The highest BCUT2D eigenvalue weighted by Crippen LogP contribution is 2.23. The van der Waals surface area contributed by atoms with Gasteiger partial charge in [-0.25, -0.2) is 0 Å². The van der Waals surface area contributed by atoms with Gasteiger partial charge in [0.2, 0.25) is 0 Å². The van der Waals surface area contributed by atoms with Crippen molar-refractivity contribution in [1.29, 1.82) is 0 Å². The lowest BCUT2D eigenvalue weighted by molar-refractivity contribution is 0.567. The first-order valence-electron chi connectivity index (χ1n) is 7.67. The molecule has 22 heavy (non-hydrogen) atoms. The Morgan fingerprint density at radius 2 is 1.45 bits per heavy atom. The van der Waals surface area contributed by atoms with Crippen LogP contribution >= 0.6 is 8.20 Å². The maximum absolute atomic E-state index is 6.47. The molecule has 0 N–H and O–H groups in total. The molecule has 0 aliphatic rings. The van der Waals surface area contributed by atoms with Crippen LogP contribution in [0.25, 0.3) is 0 Å². The SMILES string of the molecule is Cc1cc(C)c(C(O[Si](C)(C)C)=Pc2ccccc2)c(C)c1. The van der Waals surface area contributed by atoms with Gasteiger partial charge in [-0.15, -0.1) is 0 Å². The third-order valence-electron chi connectivity index (χ3n) is 3.28. The molecule has 2 rings (SSSR count). The van der Waals surface area contributed by atoms with Crippen LogP contribution in [0.15, 0.2) is 42.5 Å². The van der Waals surface area contributed by atoms with E-state index >= 15 is 0 Å². The Kier molecular flexibility index (Phi) is 5.39. The fourth-order valence-electron chi connectivity index (χ4n) is 2.56. The highest BCUT2D eigenvalue weighted by molar-refractivity contribution is 7.49. The fourth-order valence-corrected chi connectivity index (χ4v) is 5.26. The van der Waals surface area contributed by atoms with E-state index < -0.39 is 8.32 Å². The first-order valence-corrected chi connectivity index (χ1v) is 12.0. The van der Waals surface area contributed by atoms with E-state index in [9.17, 15) is 0 Å². The minimum Gasteiger partial charge on any atom is -0.381 e. The molecule has 0 radical (unpaired) electrons. The van der Waals surface area contributed by atoms with Crippen molar-refractivity contribution in [3.05, 3.63) is 64.7 Å². The van der Waals surface area contributed by atoms with E-state index in [1.165, 1.54) is 27.6 Å². The van der Waals surface area contributed by atoms with Gasteiger partial charge >= 0.3 is 0 Å². The van der Waals surface area contributed by atoms with Crippen molar-refractivity contribution in [2.45, 2.75) is 40.4 Å². The highest BCUT2D eigenvalue weighted by Gasteiger charge is 2.21. The standard InChI is InChI=1S/C19H25OPSi/c1-14-12-15(2)18(16(3)13-14)19(20-22(4,5)6)21-17-10-8-7-9-11-17/h7-13H,1-6H3. The maximum Gasteiger partial charge on any atom is 0.192 e. The predicted molar refractivity (Wildman–Crippen MR) is 102 cm³/mol. The summed E-state index contributed by atoms with van der Waals surface area (Å²) in [5, 5.41) is 1.27. The van der Waals surface area contributed by atoms with E-state index in [4.69, 9.17) is 4.43 Å². The van der Waals surface area contributed by atoms with Crippen molar-refractivity contribution in [3.63, 3.8) is 0 Å². The summed E-state index contributed by atoms with van der Waals surface area (Å²) in [4.78, 5) is 0. The summed E-state index contributed by atoms with van der Waals surface area (Å²) in [5.74, 6) is 0. The molecule has 2 aromatic rings. The van der Waals surface area contributed by atoms with Crippen LogP contribution in [-0.2, 0) is 4.43 Å². The molecule has 0 saturated heterocycles. The highest BCUT2D eigenvalue weighted by atomic mass is 31.1. The summed E-state index contributed by atoms with van der Waals surface area (Å²) in [7, 11) is -0.512. The average Bonchev–Trinajstić information content (AvgIpc) is 2.36. The number of hydrogen-bond donors (Lipinski definition) is 0. The van der Waals surface area contributed by atoms with Gasteiger partial charge in [0.25, 0.3) is 0 Å². The zero-order valence-electron chi connectivity index (χ0n) is 14.4. The van der Waals surface area contributed by atoms with Crippen LogP contribution < -0.4 is 5.30 Å². The Hall–Kier alpha value is -1.21. The van der Waals surface area contributed by atoms with Crippen LogP contribution in [0.2, 0.25) is 19.6 Å². The lowest BCUT2D eigenvalue weighted by Crippen LogP contribution is -2.30. The van der Waals surface area contributed by atoms with Crippen molar-refractivity contribution >= 4 is 27.3 Å². The molecular weight excluding hydrogens is 303 g/mol. The molecule has 0 atom stereocenters. The molecule has 0 spiro atoms. The first-order chi connectivity index (χ1) is 10.3. The van der Waals surface area contributed by atoms with Gasteiger partial charge in [0.15, 0.2) is 8.32 Å². The molecule has 1 nitrogen and oxygen atoms in total. The zero-order chi connectivity index (χ0) is 16.3. The summed E-state index contributed by atoms with van der Waals surface area (Å²) < 4.78 is 6.47. The molecule has 0 aromatic heterocycles. The van der Waals surface area contributed by atoms with Crippen molar-refractivity contribution < 1.29 is 4.43 Å². The Labute approximate surface area is 137 Å². The minimum atomic E-state index is -1.66. The molecule has 3 heteroatoms. The molecule has 0 saturated carbocycles. The van der Waals surface area contributed by atoms with Crippen LogP contribution in [0.3, 0.4) is 0 Å². The third-order valence-corrected chi connectivity index (χ3v) is 5.34. The Balaban J connectivity index is 2.57. The minimum absolute atomic E-state index is 1.10. The lowest BCUT2D eigenvalue weighted by atomic mass is 10.0. The first kappa shape index (κ1) is 17.1. The molecule has 0 fully saturated rings. The van der Waals surface area contributed by atoms with Gasteiger partial charge in [-0.2, -0.15) is 0 Å². The summed E-state index contributed by atoms with van der Waals surface area (Å²) in [6, 6.07) is 15.0. The Morgan fingerprint density at radius 3 is 1.95 bits per heavy atom. The van der Waals surface area contributed by atoms with E-state index in [2.05, 4.69) is 82.9 Å². The van der Waals surface area contributed by atoms with Crippen molar-refractivity contribution in [1.82, 2.24) is 0 Å². The van der Waals surface area contributed by atoms with E-state index in [1.807, 2.05) is 0 Å². The zero-order valence-corrected chi connectivity index (χ0v) is 16.3. The Morgan fingerprint density at radius 1 is 0.909 bits per heavy atom. The van der Waals surface area contributed by atoms with E-state index in [-0.39, 0.29) is 0 Å². The van der Waals surface area contributed by atoms with E-state index in [0.717, 1.165) is 13.7 Å². The number of benzene rings is 2. The van der Waals surface area contributed by atoms with Gasteiger partial charge in [-0.1, -0.05) is 48.0 Å². The number of rotatable bonds is 4. The third kappa shape index (κ3) is 4.64. The Bertz CT molecular complexity index is 661. The van der Waals surface area contributed by atoms with Crippen LogP contribution in [0.5, 0.6) is 0 Å². The van der Waals surface area contributed by atoms with E-state index in [0.29, 0.717) is 0 Å². The second-order valence-corrected chi connectivity index (χ2v) is 12.3. The molecule has 0 aliphatic heterocycles. The van der Waals surface area contributed by atoms with Crippen molar-refractivity contribution in [2.24, 2.45) is 0 Å². The molecule has 0 unspecified atom stereocenters. The molecule has 2 aromatic carbocycles.